The number of rotatable bonds is 4. The van der Waals surface area contributed by atoms with Gasteiger partial charge in [0.05, 0.1) is 24.5 Å². The van der Waals surface area contributed by atoms with E-state index in [1.54, 1.807) is 12.3 Å². The predicted octanol–water partition coefficient (Wildman–Crippen LogP) is 1.46. The minimum Gasteiger partial charge on any atom is -0.465 e. The molecular weight excluding hydrogens is 256 g/mol. The molecule has 1 aliphatic heterocycles. The molecule has 0 saturated carbocycles. The monoisotopic (exact) mass is 278 g/mol. The lowest BCUT2D eigenvalue weighted by Crippen LogP contribution is -2.42. The molecule has 1 saturated heterocycles. The molecule has 0 radical (unpaired) electrons. The number of methoxy groups -OCH3 is 1. The van der Waals surface area contributed by atoms with Crippen LogP contribution in [-0.4, -0.2) is 47.3 Å². The Balaban J connectivity index is 1.95. The second-order valence-corrected chi connectivity index (χ2v) is 5.29. The van der Waals surface area contributed by atoms with Gasteiger partial charge in [-0.3, -0.25) is 9.88 Å². The molecule has 1 fully saturated rings. The number of aliphatic hydroxyl groups excluding tert-OH is 1. The maximum Gasteiger partial charge on any atom is 0.339 e. The highest BCUT2D eigenvalue weighted by atomic mass is 16.5. The second-order valence-electron chi connectivity index (χ2n) is 5.29. The smallest absolute Gasteiger partial charge is 0.339 e. The lowest BCUT2D eigenvalue weighted by atomic mass is 9.92. The van der Waals surface area contributed by atoms with Crippen molar-refractivity contribution >= 4 is 5.97 Å². The van der Waals surface area contributed by atoms with Crippen molar-refractivity contribution in [1.29, 1.82) is 0 Å². The van der Waals surface area contributed by atoms with Crippen molar-refractivity contribution in [3.05, 3.63) is 29.6 Å². The molecule has 5 heteroatoms. The van der Waals surface area contributed by atoms with E-state index < -0.39 is 0 Å². The summed E-state index contributed by atoms with van der Waals surface area (Å²) < 4.78 is 4.65. The number of aliphatic hydroxyl groups is 1. The van der Waals surface area contributed by atoms with Crippen LogP contribution in [0.4, 0.5) is 0 Å². The van der Waals surface area contributed by atoms with Gasteiger partial charge in [-0.25, -0.2) is 4.79 Å². The Bertz CT molecular complexity index is 447. The third kappa shape index (κ3) is 3.55. The molecule has 110 valence electrons. The van der Waals surface area contributed by atoms with Crippen molar-refractivity contribution in [3.8, 4) is 0 Å². The van der Waals surface area contributed by atoms with E-state index in [1.807, 2.05) is 6.07 Å². The molecule has 1 aromatic heterocycles. The van der Waals surface area contributed by atoms with Gasteiger partial charge >= 0.3 is 5.97 Å². The van der Waals surface area contributed by atoms with E-state index in [4.69, 9.17) is 0 Å². The van der Waals surface area contributed by atoms with E-state index in [1.165, 1.54) is 7.11 Å². The van der Waals surface area contributed by atoms with E-state index >= 15 is 0 Å². The summed E-state index contributed by atoms with van der Waals surface area (Å²) in [6.07, 6.45) is 3.19. The molecule has 2 unspecified atom stereocenters. The largest absolute Gasteiger partial charge is 0.465 e. The van der Waals surface area contributed by atoms with Crippen LogP contribution in [0.3, 0.4) is 0 Å². The van der Waals surface area contributed by atoms with Crippen LogP contribution < -0.4 is 0 Å². The summed E-state index contributed by atoms with van der Waals surface area (Å²) in [5.74, 6) is -0.0192. The molecule has 0 aromatic carbocycles. The number of likely N-dealkylation sites (tertiary alicyclic amines) is 1. The fraction of sp³-hybridized carbons (Fsp3) is 0.600. The number of nitrogens with zero attached hydrogens (tertiary/aromatic N) is 2. The van der Waals surface area contributed by atoms with Gasteiger partial charge in [-0.2, -0.15) is 0 Å². The predicted molar refractivity (Wildman–Crippen MR) is 75.3 cm³/mol. The molecule has 0 amide bonds. The number of aromatic nitrogens is 1. The normalized spacial score (nSPS) is 23.6. The summed E-state index contributed by atoms with van der Waals surface area (Å²) in [4.78, 5) is 17.9. The molecule has 2 heterocycles. The van der Waals surface area contributed by atoms with E-state index in [2.05, 4.69) is 21.5 Å². The highest BCUT2D eigenvalue weighted by molar-refractivity contribution is 5.88. The Morgan fingerprint density at radius 3 is 2.95 bits per heavy atom. The van der Waals surface area contributed by atoms with Crippen LogP contribution >= 0.6 is 0 Å². The number of carbonyl (C=O) groups is 1. The molecule has 0 bridgehead atoms. The van der Waals surface area contributed by atoms with Gasteiger partial charge in [-0.1, -0.05) is 6.92 Å². The Hall–Kier alpha value is -1.46. The van der Waals surface area contributed by atoms with Crippen molar-refractivity contribution in [2.75, 3.05) is 20.2 Å². The van der Waals surface area contributed by atoms with Crippen LogP contribution in [0.15, 0.2) is 18.3 Å². The molecule has 5 nitrogen and oxygen atoms in total. The van der Waals surface area contributed by atoms with Gasteiger partial charge in [0, 0.05) is 25.8 Å². The van der Waals surface area contributed by atoms with Crippen LogP contribution in [0, 0.1) is 5.92 Å². The average Bonchev–Trinajstić information content (AvgIpc) is 2.49. The van der Waals surface area contributed by atoms with Gasteiger partial charge in [0.15, 0.2) is 0 Å². The molecule has 2 atom stereocenters. The van der Waals surface area contributed by atoms with Gasteiger partial charge in [0.2, 0.25) is 0 Å². The zero-order valence-corrected chi connectivity index (χ0v) is 12.1. The molecule has 0 aliphatic carbocycles. The minimum absolute atomic E-state index is 0.175. The number of piperidine rings is 1. The topological polar surface area (TPSA) is 62.7 Å². The SMILES string of the molecule is CCC1CN(Cc2ccc(C(=O)OC)cn2)CCC1O. The van der Waals surface area contributed by atoms with Crippen molar-refractivity contribution in [1.82, 2.24) is 9.88 Å². The lowest BCUT2D eigenvalue weighted by Gasteiger charge is -2.35. The van der Waals surface area contributed by atoms with Crippen molar-refractivity contribution in [2.24, 2.45) is 5.92 Å². The maximum atomic E-state index is 11.3. The third-order valence-corrected chi connectivity index (χ3v) is 3.93. The van der Waals surface area contributed by atoms with Crippen LogP contribution in [0.25, 0.3) is 0 Å². The first kappa shape index (κ1) is 14.9. The summed E-state index contributed by atoms with van der Waals surface area (Å²) in [6, 6.07) is 3.60. The quantitative estimate of drug-likeness (QED) is 0.845. The Morgan fingerprint density at radius 1 is 1.55 bits per heavy atom. The van der Waals surface area contributed by atoms with E-state index in [9.17, 15) is 9.90 Å². The number of carbonyl (C=O) groups excluding carboxylic acids is 1. The molecule has 2 rings (SSSR count). The molecule has 20 heavy (non-hydrogen) atoms. The average molecular weight is 278 g/mol. The Labute approximate surface area is 119 Å². The van der Waals surface area contributed by atoms with E-state index in [-0.39, 0.29) is 12.1 Å². The summed E-state index contributed by atoms with van der Waals surface area (Å²) >= 11 is 0. The maximum absolute atomic E-state index is 11.3. The highest BCUT2D eigenvalue weighted by Gasteiger charge is 2.26. The van der Waals surface area contributed by atoms with Gasteiger partial charge in [0.25, 0.3) is 0 Å². The Morgan fingerprint density at radius 2 is 2.35 bits per heavy atom. The summed E-state index contributed by atoms with van der Waals surface area (Å²) in [7, 11) is 1.36. The first-order valence-electron chi connectivity index (χ1n) is 7.07. The number of hydrogen-bond donors (Lipinski definition) is 1. The molecule has 0 spiro atoms. The van der Waals surface area contributed by atoms with Crippen molar-refractivity contribution in [2.45, 2.75) is 32.4 Å². The zero-order valence-electron chi connectivity index (χ0n) is 12.1. The third-order valence-electron chi connectivity index (χ3n) is 3.93. The number of ether oxygens (including phenoxy) is 1. The number of esters is 1. The standard InChI is InChI=1S/C15H22N2O3/c1-3-11-9-17(7-6-14(11)18)10-13-5-4-12(8-16-13)15(19)20-2/h4-5,8,11,14,18H,3,6-7,9-10H2,1-2H3. The van der Waals surface area contributed by atoms with Crippen molar-refractivity contribution in [3.63, 3.8) is 0 Å². The second kappa shape index (κ2) is 6.81. The molecular formula is C15H22N2O3. The van der Waals surface area contributed by atoms with Gasteiger partial charge < -0.3 is 9.84 Å². The fourth-order valence-corrected chi connectivity index (χ4v) is 2.63. The number of hydrogen-bond acceptors (Lipinski definition) is 5. The van der Waals surface area contributed by atoms with Crippen LogP contribution in [0.2, 0.25) is 0 Å². The van der Waals surface area contributed by atoms with Crippen LogP contribution in [0.1, 0.15) is 35.8 Å². The van der Waals surface area contributed by atoms with Gasteiger partial charge in [0.1, 0.15) is 0 Å². The zero-order chi connectivity index (χ0) is 14.5. The summed E-state index contributed by atoms with van der Waals surface area (Å²) in [5.41, 5.74) is 1.40. The molecule has 1 aliphatic rings. The first-order chi connectivity index (χ1) is 9.63. The highest BCUT2D eigenvalue weighted by Crippen LogP contribution is 2.21. The minimum atomic E-state index is -0.365. The molecule has 1 aromatic rings. The summed E-state index contributed by atoms with van der Waals surface area (Å²) in [5, 5.41) is 9.88. The summed E-state index contributed by atoms with van der Waals surface area (Å²) in [6.45, 7) is 4.65. The first-order valence-corrected chi connectivity index (χ1v) is 7.07. The van der Waals surface area contributed by atoms with E-state index in [0.717, 1.165) is 38.2 Å². The van der Waals surface area contributed by atoms with Crippen LogP contribution in [-0.2, 0) is 11.3 Å². The van der Waals surface area contributed by atoms with Crippen LogP contribution in [0.5, 0.6) is 0 Å². The van der Waals surface area contributed by atoms with Crippen molar-refractivity contribution < 1.29 is 14.6 Å². The van der Waals surface area contributed by atoms with Gasteiger partial charge in [-0.15, -0.1) is 0 Å². The van der Waals surface area contributed by atoms with E-state index in [0.29, 0.717) is 11.5 Å². The Kier molecular flexibility index (Phi) is 5.09. The fourth-order valence-electron chi connectivity index (χ4n) is 2.63. The molecule has 1 N–H and O–H groups in total. The number of pyridine rings is 1. The van der Waals surface area contributed by atoms with Gasteiger partial charge in [-0.05, 0) is 30.9 Å². The lowest BCUT2D eigenvalue weighted by molar-refractivity contribution is 0.0217.